The SMILES string of the molecule is CCOC(C)CNS(=O)(=O)c1cc(C)c(CN)s1. The van der Waals surface area contributed by atoms with Crippen LogP contribution in [0.25, 0.3) is 0 Å². The molecule has 1 aromatic heterocycles. The second-order valence-corrected chi connectivity index (χ2v) is 7.12. The lowest BCUT2D eigenvalue weighted by Crippen LogP contribution is -2.31. The minimum atomic E-state index is -3.45. The van der Waals surface area contributed by atoms with Crippen molar-refractivity contribution >= 4 is 21.4 Å². The van der Waals surface area contributed by atoms with Gasteiger partial charge in [0.1, 0.15) is 4.21 Å². The first kappa shape index (κ1) is 15.6. The summed E-state index contributed by atoms with van der Waals surface area (Å²) < 4.78 is 32.2. The average Bonchev–Trinajstić information content (AvgIpc) is 2.69. The van der Waals surface area contributed by atoms with E-state index in [-0.39, 0.29) is 12.6 Å². The Bertz CT molecular complexity index is 482. The Morgan fingerprint density at radius 1 is 1.56 bits per heavy atom. The molecular formula is C11H20N2O3S2. The van der Waals surface area contributed by atoms with E-state index in [0.29, 0.717) is 17.4 Å². The Hall–Kier alpha value is -0.470. The molecule has 0 fully saturated rings. The maximum atomic E-state index is 12.0. The van der Waals surface area contributed by atoms with Crippen molar-refractivity contribution in [1.29, 1.82) is 0 Å². The van der Waals surface area contributed by atoms with E-state index < -0.39 is 10.0 Å². The minimum Gasteiger partial charge on any atom is -0.377 e. The molecule has 0 aliphatic carbocycles. The van der Waals surface area contributed by atoms with Gasteiger partial charge in [-0.2, -0.15) is 0 Å². The zero-order valence-corrected chi connectivity index (χ0v) is 12.5. The normalized spacial score (nSPS) is 13.8. The van der Waals surface area contributed by atoms with E-state index in [9.17, 15) is 8.42 Å². The number of rotatable bonds is 7. The molecular weight excluding hydrogens is 272 g/mol. The predicted octanol–water partition coefficient (Wildman–Crippen LogP) is 1.22. The van der Waals surface area contributed by atoms with Crippen LogP contribution in [0.4, 0.5) is 0 Å². The first-order chi connectivity index (χ1) is 8.40. The van der Waals surface area contributed by atoms with Crippen LogP contribution in [0.5, 0.6) is 0 Å². The summed E-state index contributed by atoms with van der Waals surface area (Å²) in [4.78, 5) is 0.897. The number of aryl methyl sites for hydroxylation is 1. The van der Waals surface area contributed by atoms with Crippen molar-refractivity contribution in [3.63, 3.8) is 0 Å². The van der Waals surface area contributed by atoms with Crippen molar-refractivity contribution in [1.82, 2.24) is 4.72 Å². The summed E-state index contributed by atoms with van der Waals surface area (Å²) in [5.41, 5.74) is 6.46. The average molecular weight is 292 g/mol. The molecule has 1 aromatic rings. The second kappa shape index (κ2) is 6.63. The van der Waals surface area contributed by atoms with Crippen molar-refractivity contribution in [2.24, 2.45) is 5.73 Å². The van der Waals surface area contributed by atoms with E-state index >= 15 is 0 Å². The fourth-order valence-corrected chi connectivity index (χ4v) is 4.09. The standard InChI is InChI=1S/C11H20N2O3S2/c1-4-16-9(3)7-13-18(14,15)11-5-8(2)10(6-12)17-11/h5,9,13H,4,6-7,12H2,1-3H3. The highest BCUT2D eigenvalue weighted by Gasteiger charge is 2.19. The molecule has 0 radical (unpaired) electrons. The molecule has 7 heteroatoms. The third-order valence-electron chi connectivity index (χ3n) is 2.46. The number of hydrogen-bond donors (Lipinski definition) is 2. The smallest absolute Gasteiger partial charge is 0.250 e. The van der Waals surface area contributed by atoms with Crippen LogP contribution in [-0.2, 0) is 21.3 Å². The summed E-state index contributed by atoms with van der Waals surface area (Å²) in [5, 5.41) is 0. The van der Waals surface area contributed by atoms with Gasteiger partial charge >= 0.3 is 0 Å². The van der Waals surface area contributed by atoms with Crippen LogP contribution < -0.4 is 10.5 Å². The molecule has 0 aromatic carbocycles. The molecule has 1 heterocycles. The topological polar surface area (TPSA) is 81.4 Å². The molecule has 1 rings (SSSR count). The summed E-state index contributed by atoms with van der Waals surface area (Å²) in [7, 11) is -3.45. The van der Waals surface area contributed by atoms with Crippen LogP contribution in [0.2, 0.25) is 0 Å². The molecule has 104 valence electrons. The lowest BCUT2D eigenvalue weighted by molar-refractivity contribution is 0.0800. The van der Waals surface area contributed by atoms with Crippen molar-refractivity contribution in [3.8, 4) is 0 Å². The van der Waals surface area contributed by atoms with Crippen molar-refractivity contribution < 1.29 is 13.2 Å². The highest BCUT2D eigenvalue weighted by atomic mass is 32.2. The Kier molecular flexibility index (Phi) is 5.74. The van der Waals surface area contributed by atoms with Gasteiger partial charge in [-0.1, -0.05) is 0 Å². The van der Waals surface area contributed by atoms with E-state index in [1.54, 1.807) is 6.07 Å². The molecule has 0 aliphatic heterocycles. The second-order valence-electron chi connectivity index (χ2n) is 3.99. The van der Waals surface area contributed by atoms with Gasteiger partial charge in [-0.25, -0.2) is 13.1 Å². The number of nitrogens with one attached hydrogen (secondary N) is 1. The predicted molar refractivity (Wildman–Crippen MR) is 73.2 cm³/mol. The molecule has 3 N–H and O–H groups in total. The summed E-state index contributed by atoms with van der Waals surface area (Å²) >= 11 is 1.22. The molecule has 18 heavy (non-hydrogen) atoms. The van der Waals surface area contributed by atoms with Gasteiger partial charge in [0.2, 0.25) is 10.0 Å². The quantitative estimate of drug-likeness (QED) is 0.791. The molecule has 1 atom stereocenters. The van der Waals surface area contributed by atoms with Gasteiger partial charge < -0.3 is 10.5 Å². The highest BCUT2D eigenvalue weighted by Crippen LogP contribution is 2.25. The lowest BCUT2D eigenvalue weighted by Gasteiger charge is -2.12. The lowest BCUT2D eigenvalue weighted by atomic mass is 10.3. The van der Waals surface area contributed by atoms with Crippen LogP contribution in [0.1, 0.15) is 24.3 Å². The first-order valence-electron chi connectivity index (χ1n) is 5.81. The number of sulfonamides is 1. The Morgan fingerprint density at radius 2 is 2.22 bits per heavy atom. The Labute approximate surface area is 112 Å². The number of nitrogens with two attached hydrogens (primary N) is 1. The summed E-state index contributed by atoms with van der Waals surface area (Å²) in [6, 6.07) is 1.65. The van der Waals surface area contributed by atoms with E-state index in [4.69, 9.17) is 10.5 Å². The Morgan fingerprint density at radius 3 is 2.72 bits per heavy atom. The highest BCUT2D eigenvalue weighted by molar-refractivity contribution is 7.91. The molecule has 0 amide bonds. The van der Waals surface area contributed by atoms with Crippen LogP contribution in [0.3, 0.4) is 0 Å². The van der Waals surface area contributed by atoms with E-state index in [2.05, 4.69) is 4.72 Å². The Balaban J connectivity index is 2.74. The van der Waals surface area contributed by atoms with Crippen LogP contribution >= 0.6 is 11.3 Å². The summed E-state index contributed by atoms with van der Waals surface area (Å²) in [6.07, 6.45) is -0.139. The van der Waals surface area contributed by atoms with E-state index in [0.717, 1.165) is 10.4 Å². The molecule has 0 saturated heterocycles. The maximum Gasteiger partial charge on any atom is 0.250 e. The van der Waals surface area contributed by atoms with Crippen LogP contribution in [0.15, 0.2) is 10.3 Å². The van der Waals surface area contributed by atoms with Gasteiger partial charge in [0.25, 0.3) is 0 Å². The largest absolute Gasteiger partial charge is 0.377 e. The van der Waals surface area contributed by atoms with Crippen molar-refractivity contribution in [3.05, 3.63) is 16.5 Å². The third kappa shape index (κ3) is 4.03. The van der Waals surface area contributed by atoms with Crippen LogP contribution in [0, 0.1) is 6.92 Å². The van der Waals surface area contributed by atoms with Crippen LogP contribution in [-0.4, -0.2) is 27.7 Å². The minimum absolute atomic E-state index is 0.139. The first-order valence-corrected chi connectivity index (χ1v) is 8.11. The number of thiophene rings is 1. The molecule has 0 aliphatic rings. The van der Waals surface area contributed by atoms with E-state index in [1.165, 1.54) is 11.3 Å². The maximum absolute atomic E-state index is 12.0. The van der Waals surface area contributed by atoms with Gasteiger partial charge in [0.15, 0.2) is 0 Å². The van der Waals surface area contributed by atoms with Gasteiger partial charge in [-0.05, 0) is 32.4 Å². The molecule has 0 saturated carbocycles. The summed E-state index contributed by atoms with van der Waals surface area (Å²) in [6.45, 7) is 6.77. The van der Waals surface area contributed by atoms with Gasteiger partial charge in [0.05, 0.1) is 6.10 Å². The number of hydrogen-bond acceptors (Lipinski definition) is 5. The monoisotopic (exact) mass is 292 g/mol. The third-order valence-corrected chi connectivity index (χ3v) is 5.62. The van der Waals surface area contributed by atoms with Gasteiger partial charge in [0, 0.05) is 24.6 Å². The number of ether oxygens (including phenoxy) is 1. The zero-order chi connectivity index (χ0) is 13.8. The van der Waals surface area contributed by atoms with E-state index in [1.807, 2.05) is 20.8 Å². The summed E-state index contributed by atoms with van der Waals surface area (Å²) in [5.74, 6) is 0. The van der Waals surface area contributed by atoms with Crippen molar-refractivity contribution in [2.75, 3.05) is 13.2 Å². The molecule has 5 nitrogen and oxygen atoms in total. The molecule has 0 spiro atoms. The fraction of sp³-hybridized carbons (Fsp3) is 0.636. The van der Waals surface area contributed by atoms with Gasteiger partial charge in [-0.3, -0.25) is 0 Å². The zero-order valence-electron chi connectivity index (χ0n) is 10.9. The molecule has 1 unspecified atom stereocenters. The van der Waals surface area contributed by atoms with Gasteiger partial charge in [-0.15, -0.1) is 11.3 Å². The fourth-order valence-electron chi connectivity index (χ4n) is 1.47. The van der Waals surface area contributed by atoms with Crippen molar-refractivity contribution in [2.45, 2.75) is 37.6 Å². The molecule has 0 bridgehead atoms.